The Bertz CT molecular complexity index is 179. The van der Waals surface area contributed by atoms with Crippen LogP contribution in [0.1, 0.15) is 26.2 Å². The van der Waals surface area contributed by atoms with Crippen LogP contribution in [0, 0.1) is 17.2 Å². The Morgan fingerprint density at radius 1 is 1.67 bits per heavy atom. The van der Waals surface area contributed by atoms with Crippen molar-refractivity contribution in [3.63, 3.8) is 0 Å². The molecule has 1 aliphatic carbocycles. The summed E-state index contributed by atoms with van der Waals surface area (Å²) in [6.45, 7) is 3.19. The van der Waals surface area contributed by atoms with Crippen molar-refractivity contribution in [2.45, 2.75) is 31.7 Å². The van der Waals surface area contributed by atoms with Gasteiger partial charge in [0.05, 0.1) is 6.07 Å². The minimum absolute atomic E-state index is 0.608. The van der Waals surface area contributed by atoms with Gasteiger partial charge in [-0.25, -0.2) is 0 Å². The maximum atomic E-state index is 8.58. The van der Waals surface area contributed by atoms with Gasteiger partial charge >= 0.3 is 0 Å². The Kier molecular flexibility index (Phi) is 3.07. The van der Waals surface area contributed by atoms with Gasteiger partial charge in [0, 0.05) is 19.6 Å². The van der Waals surface area contributed by atoms with Crippen LogP contribution in [0.5, 0.6) is 0 Å². The molecule has 0 saturated heterocycles. The van der Waals surface area contributed by atoms with Gasteiger partial charge in [-0.15, -0.1) is 0 Å². The van der Waals surface area contributed by atoms with E-state index in [2.05, 4.69) is 0 Å². The third-order valence-corrected chi connectivity index (χ3v) is 2.07. The van der Waals surface area contributed by atoms with Crippen LogP contribution < -0.4 is 5.73 Å². The molecule has 12 heavy (non-hydrogen) atoms. The molecule has 0 heterocycles. The van der Waals surface area contributed by atoms with Gasteiger partial charge in [-0.3, -0.25) is 0 Å². The first kappa shape index (κ1) is 9.50. The lowest BCUT2D eigenvalue weighted by atomic mass is 10.0. The molecule has 3 heteroatoms. The number of hydrogen-bond donors (Lipinski definition) is 1. The summed E-state index contributed by atoms with van der Waals surface area (Å²) in [4.78, 5) is 0. The van der Waals surface area contributed by atoms with E-state index in [1.807, 2.05) is 6.07 Å². The summed E-state index contributed by atoms with van der Waals surface area (Å²) < 4.78 is 5.36. The lowest BCUT2D eigenvalue weighted by Gasteiger charge is -2.14. The first-order valence-corrected chi connectivity index (χ1v) is 4.42. The molecule has 1 saturated carbocycles. The van der Waals surface area contributed by atoms with Crippen LogP contribution in [0.25, 0.3) is 0 Å². The van der Waals surface area contributed by atoms with Crippen LogP contribution in [0.4, 0.5) is 0 Å². The van der Waals surface area contributed by atoms with Gasteiger partial charge in [0.25, 0.3) is 0 Å². The van der Waals surface area contributed by atoms with Crippen molar-refractivity contribution < 1.29 is 4.74 Å². The molecule has 1 unspecified atom stereocenters. The van der Waals surface area contributed by atoms with Crippen molar-refractivity contribution >= 4 is 0 Å². The number of nitrogens with zero attached hydrogens (tertiary/aromatic N) is 1. The standard InChI is InChI=1S/C9H16N2O/c1-9(11,7-10)4-5-12-6-8-2-3-8/h8H,2-6,11H2,1H3. The number of nitriles is 1. The summed E-state index contributed by atoms with van der Waals surface area (Å²) in [5, 5.41) is 8.58. The van der Waals surface area contributed by atoms with Crippen molar-refractivity contribution in [3.8, 4) is 6.07 Å². The number of hydrogen-bond acceptors (Lipinski definition) is 3. The van der Waals surface area contributed by atoms with Crippen LogP contribution in [0.3, 0.4) is 0 Å². The third-order valence-electron chi connectivity index (χ3n) is 2.07. The van der Waals surface area contributed by atoms with Gasteiger partial charge in [-0.05, 0) is 25.7 Å². The van der Waals surface area contributed by atoms with Crippen molar-refractivity contribution in [1.82, 2.24) is 0 Å². The molecular weight excluding hydrogens is 152 g/mol. The molecule has 0 aromatic heterocycles. The largest absolute Gasteiger partial charge is 0.381 e. The Balaban J connectivity index is 1.97. The molecule has 0 aromatic rings. The quantitative estimate of drug-likeness (QED) is 0.624. The topological polar surface area (TPSA) is 59.0 Å². The van der Waals surface area contributed by atoms with Crippen LogP contribution in [-0.4, -0.2) is 18.8 Å². The molecule has 3 nitrogen and oxygen atoms in total. The van der Waals surface area contributed by atoms with Gasteiger partial charge in [0.2, 0.25) is 0 Å². The third kappa shape index (κ3) is 3.70. The molecule has 1 atom stereocenters. The molecule has 1 aliphatic rings. The second-order valence-corrected chi connectivity index (χ2v) is 3.80. The van der Waals surface area contributed by atoms with E-state index in [1.165, 1.54) is 12.8 Å². The summed E-state index contributed by atoms with van der Waals surface area (Å²) in [6.07, 6.45) is 3.23. The summed E-state index contributed by atoms with van der Waals surface area (Å²) in [5.41, 5.74) is 4.89. The molecule has 0 spiro atoms. The van der Waals surface area contributed by atoms with E-state index in [4.69, 9.17) is 15.7 Å². The molecule has 0 aromatic carbocycles. The monoisotopic (exact) mass is 168 g/mol. The number of nitrogens with two attached hydrogens (primary N) is 1. The predicted octanol–water partition coefficient (Wildman–Crippen LogP) is 1.04. The molecule has 0 amide bonds. The van der Waals surface area contributed by atoms with E-state index in [1.54, 1.807) is 6.92 Å². The van der Waals surface area contributed by atoms with Crippen LogP contribution in [-0.2, 0) is 4.74 Å². The Morgan fingerprint density at radius 3 is 2.83 bits per heavy atom. The summed E-state index contributed by atoms with van der Waals surface area (Å²) in [7, 11) is 0. The van der Waals surface area contributed by atoms with E-state index in [9.17, 15) is 0 Å². The minimum Gasteiger partial charge on any atom is -0.381 e. The molecular formula is C9H16N2O. The molecule has 0 bridgehead atoms. The smallest absolute Gasteiger partial charge is 0.103 e. The average molecular weight is 168 g/mol. The van der Waals surface area contributed by atoms with Gasteiger partial charge in [0.15, 0.2) is 0 Å². The van der Waals surface area contributed by atoms with E-state index in [0.717, 1.165) is 12.5 Å². The van der Waals surface area contributed by atoms with E-state index >= 15 is 0 Å². The van der Waals surface area contributed by atoms with Gasteiger partial charge in [-0.2, -0.15) is 5.26 Å². The zero-order chi connectivity index (χ0) is 9.03. The lowest BCUT2D eigenvalue weighted by Crippen LogP contribution is -2.35. The highest BCUT2D eigenvalue weighted by Crippen LogP contribution is 2.28. The van der Waals surface area contributed by atoms with Crippen LogP contribution in [0.2, 0.25) is 0 Å². The summed E-state index contributed by atoms with van der Waals surface area (Å²) in [5.74, 6) is 0.788. The molecule has 68 valence electrons. The zero-order valence-corrected chi connectivity index (χ0v) is 7.55. The highest BCUT2D eigenvalue weighted by atomic mass is 16.5. The number of ether oxygens (including phenoxy) is 1. The second-order valence-electron chi connectivity index (χ2n) is 3.80. The Labute approximate surface area is 73.5 Å². The molecule has 1 rings (SSSR count). The fraction of sp³-hybridized carbons (Fsp3) is 0.889. The van der Waals surface area contributed by atoms with Crippen LogP contribution in [0.15, 0.2) is 0 Å². The first-order valence-electron chi connectivity index (χ1n) is 4.42. The maximum absolute atomic E-state index is 8.58. The fourth-order valence-corrected chi connectivity index (χ4v) is 0.875. The highest BCUT2D eigenvalue weighted by Gasteiger charge is 2.22. The van der Waals surface area contributed by atoms with Gasteiger partial charge < -0.3 is 10.5 Å². The Morgan fingerprint density at radius 2 is 2.33 bits per heavy atom. The summed E-state index contributed by atoms with van der Waals surface area (Å²) >= 11 is 0. The Hall–Kier alpha value is -0.590. The van der Waals surface area contributed by atoms with Crippen molar-refractivity contribution in [2.75, 3.05) is 13.2 Å². The molecule has 0 aliphatic heterocycles. The van der Waals surface area contributed by atoms with Gasteiger partial charge in [0.1, 0.15) is 5.54 Å². The molecule has 1 fully saturated rings. The lowest BCUT2D eigenvalue weighted by molar-refractivity contribution is 0.114. The molecule has 2 N–H and O–H groups in total. The van der Waals surface area contributed by atoms with E-state index in [0.29, 0.717) is 13.0 Å². The SMILES string of the molecule is CC(N)(C#N)CCOCC1CC1. The van der Waals surface area contributed by atoms with E-state index in [-0.39, 0.29) is 0 Å². The minimum atomic E-state index is -0.719. The predicted molar refractivity (Wildman–Crippen MR) is 46.4 cm³/mol. The normalized spacial score (nSPS) is 21.4. The average Bonchev–Trinajstić information content (AvgIpc) is 2.82. The first-order chi connectivity index (χ1) is 5.64. The fourth-order valence-electron chi connectivity index (χ4n) is 0.875. The van der Waals surface area contributed by atoms with Crippen molar-refractivity contribution in [3.05, 3.63) is 0 Å². The highest BCUT2D eigenvalue weighted by molar-refractivity contribution is 5.00. The molecule has 0 radical (unpaired) electrons. The second kappa shape index (κ2) is 3.88. The van der Waals surface area contributed by atoms with Crippen molar-refractivity contribution in [1.29, 1.82) is 5.26 Å². The summed E-state index contributed by atoms with van der Waals surface area (Å²) in [6, 6.07) is 2.04. The van der Waals surface area contributed by atoms with Gasteiger partial charge in [-0.1, -0.05) is 0 Å². The van der Waals surface area contributed by atoms with Crippen molar-refractivity contribution in [2.24, 2.45) is 11.7 Å². The number of rotatable bonds is 5. The van der Waals surface area contributed by atoms with Crippen LogP contribution >= 0.6 is 0 Å². The zero-order valence-electron chi connectivity index (χ0n) is 7.55. The maximum Gasteiger partial charge on any atom is 0.103 e. The van der Waals surface area contributed by atoms with E-state index < -0.39 is 5.54 Å².